The van der Waals surface area contributed by atoms with Gasteiger partial charge in [0.05, 0.1) is 31.6 Å². The quantitative estimate of drug-likeness (QED) is 0.580. The Hall–Kier alpha value is -2.83. The minimum Gasteiger partial charge on any atom is -0.872 e. The van der Waals surface area contributed by atoms with Crippen molar-refractivity contribution in [3.63, 3.8) is 0 Å². The molecule has 0 aliphatic carbocycles. The standard InChI is InChI=1S/C29H36N2O4/c1-19-8-12-30(13-9-19)17-22-27(33)23(18-31-14-10-20(2)11-15-31)29-26(28(22)34)24(32)16-25(35-29)21-6-4-3-5-7-21/h3-7,16,19-20,33-34H,8-15,17-18H2,1-2H3. The third-order valence-electron chi connectivity index (χ3n) is 8.15. The van der Waals surface area contributed by atoms with Crippen LogP contribution in [0.5, 0.6) is 11.5 Å². The maximum Gasteiger partial charge on any atom is 0.192 e. The molecule has 6 nitrogen and oxygen atoms in total. The van der Waals surface area contributed by atoms with Crippen LogP contribution in [0.3, 0.4) is 0 Å². The van der Waals surface area contributed by atoms with Gasteiger partial charge in [-0.15, -0.1) is 0 Å². The van der Waals surface area contributed by atoms with Gasteiger partial charge in [-0.05, 0) is 43.1 Å². The zero-order valence-corrected chi connectivity index (χ0v) is 20.8. The van der Waals surface area contributed by atoms with Gasteiger partial charge in [0.15, 0.2) is 5.43 Å². The van der Waals surface area contributed by atoms with Crippen LogP contribution < -0.4 is 25.4 Å². The van der Waals surface area contributed by atoms with Crippen molar-refractivity contribution in [2.75, 3.05) is 26.2 Å². The van der Waals surface area contributed by atoms with E-state index >= 15 is 0 Å². The number of rotatable bonds is 5. The first-order valence-corrected chi connectivity index (χ1v) is 13.1. The Morgan fingerprint density at radius 3 is 1.94 bits per heavy atom. The first-order valence-electron chi connectivity index (χ1n) is 13.1. The summed E-state index contributed by atoms with van der Waals surface area (Å²) in [6.45, 7) is 9.25. The number of benzene rings is 2. The SMILES string of the molecule is CC1CC[NH+](Cc2c([O-])c(C[NH+]3CCC(C)CC3)c3oc(-c4ccccc4)cc(=O)c3c2[O-])CC1. The number of hydrogen-bond acceptors (Lipinski definition) is 4. The van der Waals surface area contributed by atoms with Crippen LogP contribution in [0.25, 0.3) is 22.3 Å². The summed E-state index contributed by atoms with van der Waals surface area (Å²) in [5.41, 5.74) is 1.36. The third kappa shape index (κ3) is 4.95. The summed E-state index contributed by atoms with van der Waals surface area (Å²) in [7, 11) is 0. The van der Waals surface area contributed by atoms with Crippen molar-refractivity contribution in [2.24, 2.45) is 11.8 Å². The molecule has 2 aliphatic heterocycles. The Labute approximate surface area is 206 Å². The van der Waals surface area contributed by atoms with E-state index in [0.29, 0.717) is 36.2 Å². The van der Waals surface area contributed by atoms with E-state index in [4.69, 9.17) is 4.42 Å². The maximum absolute atomic E-state index is 13.9. The lowest BCUT2D eigenvalue weighted by molar-refractivity contribution is -0.920. The molecule has 3 aromatic rings. The predicted molar refractivity (Wildman–Crippen MR) is 132 cm³/mol. The average molecular weight is 477 g/mol. The summed E-state index contributed by atoms with van der Waals surface area (Å²) >= 11 is 0. The highest BCUT2D eigenvalue weighted by molar-refractivity contribution is 5.90. The number of likely N-dealkylation sites (tertiary alicyclic amines) is 2. The van der Waals surface area contributed by atoms with Gasteiger partial charge in [0.2, 0.25) is 0 Å². The molecule has 0 atom stereocenters. The summed E-state index contributed by atoms with van der Waals surface area (Å²) in [4.78, 5) is 15.9. The topological polar surface area (TPSA) is 85.2 Å². The van der Waals surface area contributed by atoms with Crippen molar-refractivity contribution in [3.05, 3.63) is 57.7 Å². The smallest absolute Gasteiger partial charge is 0.192 e. The summed E-state index contributed by atoms with van der Waals surface area (Å²) in [6, 6.07) is 10.8. The Morgan fingerprint density at radius 1 is 0.829 bits per heavy atom. The normalized spacial score (nSPS) is 25.1. The number of nitrogens with one attached hydrogen (secondary N) is 2. The molecule has 3 heterocycles. The highest BCUT2D eigenvalue weighted by Gasteiger charge is 2.25. The zero-order chi connectivity index (χ0) is 24.5. The molecule has 0 amide bonds. The molecule has 35 heavy (non-hydrogen) atoms. The van der Waals surface area contributed by atoms with Crippen LogP contribution in [0, 0.1) is 11.8 Å². The molecular formula is C29H36N2O4. The molecule has 186 valence electrons. The van der Waals surface area contributed by atoms with Gasteiger partial charge in [0.25, 0.3) is 0 Å². The predicted octanol–water partition coefficient (Wildman–Crippen LogP) is 1.24. The number of hydrogen-bond donors (Lipinski definition) is 2. The minimum atomic E-state index is -0.435. The Morgan fingerprint density at radius 2 is 1.37 bits per heavy atom. The van der Waals surface area contributed by atoms with Gasteiger partial charge < -0.3 is 24.4 Å². The molecule has 0 bridgehead atoms. The van der Waals surface area contributed by atoms with Gasteiger partial charge in [0.1, 0.15) is 24.4 Å². The van der Waals surface area contributed by atoms with Crippen molar-refractivity contribution in [3.8, 4) is 22.8 Å². The summed E-state index contributed by atoms with van der Waals surface area (Å²) < 4.78 is 6.22. The zero-order valence-electron chi connectivity index (χ0n) is 20.8. The molecule has 0 radical (unpaired) electrons. The van der Waals surface area contributed by atoms with Gasteiger partial charge in [-0.25, -0.2) is 0 Å². The molecule has 2 N–H and O–H groups in total. The fraction of sp³-hybridized carbons (Fsp3) is 0.483. The second-order valence-electron chi connectivity index (χ2n) is 10.9. The second kappa shape index (κ2) is 10.0. The first-order chi connectivity index (χ1) is 16.9. The molecule has 0 saturated carbocycles. The van der Waals surface area contributed by atoms with Gasteiger partial charge in [-0.3, -0.25) is 4.79 Å². The lowest BCUT2D eigenvalue weighted by Gasteiger charge is -2.33. The molecule has 1 aromatic heterocycles. The summed E-state index contributed by atoms with van der Waals surface area (Å²) in [5.74, 6) is 1.12. The molecule has 2 saturated heterocycles. The lowest BCUT2D eigenvalue weighted by Crippen LogP contribution is -3.12. The van der Waals surface area contributed by atoms with E-state index in [0.717, 1.165) is 57.4 Å². The monoisotopic (exact) mass is 476 g/mol. The van der Waals surface area contributed by atoms with Gasteiger partial charge in [-0.2, -0.15) is 0 Å². The van der Waals surface area contributed by atoms with Crippen LogP contribution >= 0.6 is 0 Å². The van der Waals surface area contributed by atoms with Crippen molar-refractivity contribution < 1.29 is 24.4 Å². The van der Waals surface area contributed by atoms with Gasteiger partial charge in [0, 0.05) is 17.2 Å². The molecule has 0 unspecified atom stereocenters. The molecule has 2 aliphatic rings. The van der Waals surface area contributed by atoms with Crippen molar-refractivity contribution in [1.29, 1.82) is 0 Å². The summed E-state index contributed by atoms with van der Waals surface area (Å²) in [5, 5.41) is 27.5. The second-order valence-corrected chi connectivity index (χ2v) is 10.9. The summed E-state index contributed by atoms with van der Waals surface area (Å²) in [6.07, 6.45) is 4.42. The third-order valence-corrected chi connectivity index (χ3v) is 8.15. The van der Waals surface area contributed by atoms with Crippen molar-refractivity contribution in [2.45, 2.75) is 52.6 Å². The Balaban J connectivity index is 1.62. The van der Waals surface area contributed by atoms with Crippen LogP contribution in [0.2, 0.25) is 0 Å². The van der Waals surface area contributed by atoms with Gasteiger partial charge >= 0.3 is 0 Å². The average Bonchev–Trinajstić information content (AvgIpc) is 2.87. The minimum absolute atomic E-state index is 0.0452. The van der Waals surface area contributed by atoms with E-state index in [-0.39, 0.29) is 27.7 Å². The van der Waals surface area contributed by atoms with E-state index in [2.05, 4.69) is 13.8 Å². The van der Waals surface area contributed by atoms with E-state index in [9.17, 15) is 15.0 Å². The van der Waals surface area contributed by atoms with Crippen LogP contribution in [0.4, 0.5) is 0 Å². The number of fused-ring (bicyclic) bond motifs is 1. The maximum atomic E-state index is 13.9. The fourth-order valence-electron chi connectivity index (χ4n) is 5.72. The van der Waals surface area contributed by atoms with Crippen molar-refractivity contribution in [1.82, 2.24) is 0 Å². The fourth-order valence-corrected chi connectivity index (χ4v) is 5.72. The Kier molecular flexibility index (Phi) is 6.85. The highest BCUT2D eigenvalue weighted by atomic mass is 16.3. The molecule has 0 spiro atoms. The lowest BCUT2D eigenvalue weighted by atomic mass is 9.96. The van der Waals surface area contributed by atoms with Gasteiger partial charge in [-0.1, -0.05) is 55.7 Å². The molecular weight excluding hydrogens is 440 g/mol. The number of quaternary nitrogens is 2. The largest absolute Gasteiger partial charge is 0.872 e. The molecule has 5 rings (SSSR count). The van der Waals surface area contributed by atoms with E-state index in [1.54, 1.807) is 0 Å². The Bertz CT molecular complexity index is 1240. The molecule has 6 heteroatoms. The first kappa shape index (κ1) is 23.9. The van der Waals surface area contributed by atoms with Crippen LogP contribution in [-0.2, 0) is 13.1 Å². The molecule has 2 fully saturated rings. The van der Waals surface area contributed by atoms with E-state index in [1.165, 1.54) is 15.9 Å². The van der Waals surface area contributed by atoms with Crippen LogP contribution in [0.1, 0.15) is 50.7 Å². The van der Waals surface area contributed by atoms with E-state index < -0.39 is 5.75 Å². The molecule has 2 aromatic carbocycles. The highest BCUT2D eigenvalue weighted by Crippen LogP contribution is 2.36. The van der Waals surface area contributed by atoms with Crippen molar-refractivity contribution >= 4 is 11.0 Å². The van der Waals surface area contributed by atoms with Crippen LogP contribution in [0.15, 0.2) is 45.6 Å². The number of piperidine rings is 2. The van der Waals surface area contributed by atoms with Crippen LogP contribution in [-0.4, -0.2) is 26.2 Å². The van der Waals surface area contributed by atoms with E-state index in [1.807, 2.05) is 30.3 Å².